The first kappa shape index (κ1) is 39.5. The highest BCUT2D eigenvalue weighted by Crippen LogP contribution is 2.38. The van der Waals surface area contributed by atoms with Crippen LogP contribution in [0, 0.1) is 27.3 Å². The summed E-state index contributed by atoms with van der Waals surface area (Å²) in [6.07, 6.45) is -4.04. The second-order valence-electron chi connectivity index (χ2n) is 12.5. The van der Waals surface area contributed by atoms with Crippen LogP contribution in [0.15, 0.2) is 30.3 Å². The lowest BCUT2D eigenvalue weighted by Crippen LogP contribution is -2.56. The minimum absolute atomic E-state index is 0.182. The monoisotopic (exact) mass is 691 g/mol. The number of hydrogen-bond donors (Lipinski definition) is 6. The van der Waals surface area contributed by atoms with Gasteiger partial charge in [-0.15, -0.1) is 0 Å². The van der Waals surface area contributed by atoms with E-state index in [9.17, 15) is 54.3 Å². The van der Waals surface area contributed by atoms with Gasteiger partial charge in [0.1, 0.15) is 29.4 Å². The first-order valence-electron chi connectivity index (χ1n) is 14.5. The van der Waals surface area contributed by atoms with Crippen LogP contribution in [0.4, 0.5) is 14.9 Å². The Morgan fingerprint density at radius 2 is 1.51 bits per heavy atom. The molecule has 0 fully saturated rings. The Morgan fingerprint density at radius 1 is 0.939 bits per heavy atom. The molecule has 2 aromatic rings. The number of nitrogens with one attached hydrogen (secondary N) is 3. The lowest BCUT2D eigenvalue weighted by Gasteiger charge is -2.28. The van der Waals surface area contributed by atoms with Gasteiger partial charge in [0.15, 0.2) is 17.5 Å². The Labute approximate surface area is 280 Å². The van der Waals surface area contributed by atoms with E-state index in [0.29, 0.717) is 12.1 Å². The summed E-state index contributed by atoms with van der Waals surface area (Å²) >= 11 is 0. The molecule has 0 aliphatic rings. The van der Waals surface area contributed by atoms with Crippen molar-refractivity contribution >= 4 is 29.6 Å². The van der Waals surface area contributed by atoms with Crippen LogP contribution < -0.4 is 20.7 Å². The Balaban J connectivity index is 2.51. The van der Waals surface area contributed by atoms with Gasteiger partial charge in [0.25, 0.3) is 0 Å². The number of phenols is 2. The highest BCUT2D eigenvalue weighted by Gasteiger charge is 2.37. The topological polar surface area (TPSA) is 260 Å². The Bertz CT molecular complexity index is 1610. The van der Waals surface area contributed by atoms with Gasteiger partial charge in [-0.25, -0.2) is 9.59 Å². The molecular weight excluding hydrogens is 653 g/mol. The fraction of sp³-hybridized carbons (Fsp3) is 0.452. The number of methoxy groups -OCH3 is 1. The molecule has 2 rings (SSSR count). The molecule has 0 saturated carbocycles. The van der Waals surface area contributed by atoms with Gasteiger partial charge in [-0.3, -0.25) is 19.7 Å². The second kappa shape index (κ2) is 15.9. The number of aliphatic hydroxyl groups is 1. The minimum atomic E-state index is -2.09. The van der Waals surface area contributed by atoms with Gasteiger partial charge >= 0.3 is 17.7 Å². The maximum Gasteiger partial charge on any atom is 0.408 e. The minimum Gasteiger partial charge on any atom is -0.504 e. The largest absolute Gasteiger partial charge is 0.504 e. The number of nitro groups is 1. The van der Waals surface area contributed by atoms with Gasteiger partial charge in [0.2, 0.25) is 23.4 Å². The zero-order chi connectivity index (χ0) is 37.4. The molecule has 18 heteroatoms. The van der Waals surface area contributed by atoms with Crippen LogP contribution in [0.5, 0.6) is 17.2 Å². The number of nitriles is 1. The van der Waals surface area contributed by atoms with Gasteiger partial charge in [-0.2, -0.15) is 9.65 Å². The number of carbonyl (C=O) groups is 4. The van der Waals surface area contributed by atoms with Crippen LogP contribution in [0.2, 0.25) is 0 Å². The normalized spacial score (nSPS) is 13.8. The van der Waals surface area contributed by atoms with E-state index in [-0.39, 0.29) is 16.9 Å². The van der Waals surface area contributed by atoms with Crippen molar-refractivity contribution in [1.29, 1.82) is 5.26 Å². The van der Waals surface area contributed by atoms with Crippen molar-refractivity contribution in [1.82, 2.24) is 16.0 Å². The third kappa shape index (κ3) is 11.2. The summed E-state index contributed by atoms with van der Waals surface area (Å²) in [4.78, 5) is 63.2. The molecule has 0 aromatic heterocycles. The maximum absolute atomic E-state index is 14.0. The molecule has 3 amide bonds. The molecule has 0 aliphatic heterocycles. The molecule has 0 aliphatic carbocycles. The average Bonchev–Trinajstić information content (AvgIpc) is 2.96. The van der Waals surface area contributed by atoms with E-state index in [0.717, 1.165) is 25.3 Å². The number of amides is 3. The quantitative estimate of drug-likeness (QED) is 0.106. The number of benzene rings is 2. The van der Waals surface area contributed by atoms with E-state index in [4.69, 9.17) is 14.2 Å². The number of phenolic OH excluding ortho intramolecular Hbond substituents is 2. The average molecular weight is 692 g/mol. The molecule has 2 aromatic carbocycles. The molecule has 0 saturated heterocycles. The number of carbonyl (C=O) groups excluding carboxylic acids is 4. The lowest BCUT2D eigenvalue weighted by atomic mass is 10.00. The Hall–Kier alpha value is -5.70. The molecule has 17 nitrogen and oxygen atoms in total. The fourth-order valence-corrected chi connectivity index (χ4v) is 4.21. The number of halogens is 1. The number of ether oxygens (including phenoxy) is 3. The summed E-state index contributed by atoms with van der Waals surface area (Å²) in [5.41, 5.74) is -3.77. The smallest absolute Gasteiger partial charge is 0.408 e. The zero-order valence-corrected chi connectivity index (χ0v) is 27.7. The van der Waals surface area contributed by atoms with Gasteiger partial charge < -0.3 is 45.5 Å². The highest BCUT2D eigenvalue weighted by atomic mass is 19.1. The van der Waals surface area contributed by atoms with Crippen molar-refractivity contribution in [3.05, 3.63) is 57.4 Å². The number of nitro benzene ring substituents is 1. The fourth-order valence-electron chi connectivity index (χ4n) is 4.21. The number of hydrogen-bond acceptors (Lipinski definition) is 13. The van der Waals surface area contributed by atoms with Crippen LogP contribution in [0.1, 0.15) is 71.2 Å². The zero-order valence-electron chi connectivity index (χ0n) is 27.7. The molecule has 0 bridgehead atoms. The number of nitrogens with zero attached hydrogens (tertiary/aromatic N) is 2. The van der Waals surface area contributed by atoms with E-state index in [1.54, 1.807) is 6.07 Å². The molecule has 49 heavy (non-hydrogen) atoms. The van der Waals surface area contributed by atoms with Crippen molar-refractivity contribution < 1.29 is 58.0 Å². The van der Waals surface area contributed by atoms with E-state index in [1.165, 1.54) is 41.5 Å². The van der Waals surface area contributed by atoms with Gasteiger partial charge in [0.05, 0.1) is 24.5 Å². The summed E-state index contributed by atoms with van der Waals surface area (Å²) in [5.74, 6) is -6.31. The van der Waals surface area contributed by atoms with Gasteiger partial charge in [0, 0.05) is 6.07 Å². The molecular formula is C31H38FN5O12. The predicted molar refractivity (Wildman–Crippen MR) is 166 cm³/mol. The molecule has 0 heterocycles. The number of aliphatic hydroxyl groups excluding tert-OH is 1. The third-order valence-corrected chi connectivity index (χ3v) is 6.25. The van der Waals surface area contributed by atoms with E-state index < -0.39 is 93.7 Å². The summed E-state index contributed by atoms with van der Waals surface area (Å²) in [5, 5.41) is 59.1. The lowest BCUT2D eigenvalue weighted by molar-refractivity contribution is -0.387. The van der Waals surface area contributed by atoms with E-state index in [1.807, 2.05) is 0 Å². The first-order chi connectivity index (χ1) is 22.6. The molecule has 0 radical (unpaired) electrons. The molecule has 266 valence electrons. The van der Waals surface area contributed by atoms with Crippen LogP contribution in [0.3, 0.4) is 0 Å². The molecule has 4 atom stereocenters. The number of alkyl carbamates (subject to hydrolysis) is 1. The summed E-state index contributed by atoms with van der Waals surface area (Å²) in [6.45, 7) is 9.09. The highest BCUT2D eigenvalue weighted by molar-refractivity contribution is 5.94. The van der Waals surface area contributed by atoms with Gasteiger partial charge in [-0.1, -0.05) is 6.07 Å². The maximum atomic E-state index is 14.0. The van der Waals surface area contributed by atoms with Crippen molar-refractivity contribution in [2.24, 2.45) is 0 Å². The predicted octanol–water partition coefficient (Wildman–Crippen LogP) is 2.68. The summed E-state index contributed by atoms with van der Waals surface area (Å²) < 4.78 is 29.4. The SMILES string of the molecule is COc1c(O)cc([C@@H](NC(=O)[C@H](CC#N)NC(=O)[C@H](NC(=O)OC(C)(C)C)[C@H](O)c2ccc(F)c([N+](=O)[O-])c2)C(=O)OC(C)(C)C)cc1O. The number of rotatable bonds is 12. The molecule has 6 N–H and O–H groups in total. The Kier molecular flexibility index (Phi) is 12.8. The Morgan fingerprint density at radius 3 is 2.00 bits per heavy atom. The van der Waals surface area contributed by atoms with Crippen molar-refractivity contribution in [3.8, 4) is 23.3 Å². The van der Waals surface area contributed by atoms with E-state index in [2.05, 4.69) is 16.0 Å². The third-order valence-electron chi connectivity index (χ3n) is 6.25. The first-order valence-corrected chi connectivity index (χ1v) is 14.5. The van der Waals surface area contributed by atoms with Crippen LogP contribution >= 0.6 is 0 Å². The van der Waals surface area contributed by atoms with E-state index >= 15 is 0 Å². The standard InChI is InChI=1S/C31H38FN5O12/c1-30(2,3)48-28(43)22(16-13-20(38)25(47-7)21(39)14-16)35-26(41)18(10-11-33)34-27(42)23(36-29(44)49-31(4,5)6)24(40)15-8-9-17(32)19(12-15)37(45)46/h8-9,12-14,18,22-24,38-40H,10H2,1-7H3,(H,34,42)(H,35,41)(H,36,44)/t18-,22+,23+,24+/m0/s1. The van der Waals surface area contributed by atoms with Crippen LogP contribution in [0.25, 0.3) is 0 Å². The van der Waals surface area contributed by atoms with Crippen LogP contribution in [-0.2, 0) is 23.9 Å². The molecule has 0 unspecified atom stereocenters. The van der Waals surface area contributed by atoms with Crippen LogP contribution in [-0.4, -0.2) is 74.5 Å². The van der Waals surface area contributed by atoms with Gasteiger partial charge in [-0.05, 0) is 70.9 Å². The summed E-state index contributed by atoms with van der Waals surface area (Å²) in [6, 6.07) is 0.382. The van der Waals surface area contributed by atoms with Crippen molar-refractivity contribution in [2.75, 3.05) is 7.11 Å². The second-order valence-corrected chi connectivity index (χ2v) is 12.5. The summed E-state index contributed by atoms with van der Waals surface area (Å²) in [7, 11) is 1.16. The van der Waals surface area contributed by atoms with Crippen molar-refractivity contribution in [3.63, 3.8) is 0 Å². The van der Waals surface area contributed by atoms with Crippen molar-refractivity contribution in [2.45, 2.75) is 83.4 Å². The molecule has 0 spiro atoms. The number of aromatic hydroxyl groups is 2. The number of esters is 1.